The van der Waals surface area contributed by atoms with Gasteiger partial charge in [-0.05, 0) is 24.6 Å². The summed E-state index contributed by atoms with van der Waals surface area (Å²) in [6.07, 6.45) is 3.53. The molecule has 0 atom stereocenters. The summed E-state index contributed by atoms with van der Waals surface area (Å²) in [5.74, 6) is 0.479. The second-order valence-electron chi connectivity index (χ2n) is 4.51. The molecule has 1 aromatic carbocycles. The number of aromatic amines is 1. The fourth-order valence-electron chi connectivity index (χ4n) is 2.23. The quantitative estimate of drug-likeness (QED) is 0.752. The Morgan fingerprint density at radius 2 is 2.05 bits per heavy atom. The van der Waals surface area contributed by atoms with Crippen molar-refractivity contribution in [2.45, 2.75) is 6.92 Å². The molecule has 0 unspecified atom stereocenters. The van der Waals surface area contributed by atoms with Gasteiger partial charge in [-0.15, -0.1) is 0 Å². The van der Waals surface area contributed by atoms with E-state index in [9.17, 15) is 0 Å². The number of nitrogens with two attached hydrogens (primary N) is 1. The topological polar surface area (TPSA) is 67.6 Å². The maximum absolute atomic E-state index is 6.02. The number of nitrogen functional groups attached to an aromatic ring is 1. The van der Waals surface area contributed by atoms with Gasteiger partial charge in [-0.2, -0.15) is 5.10 Å². The summed E-state index contributed by atoms with van der Waals surface area (Å²) in [5, 5.41) is 7.18. The first-order valence-electron chi connectivity index (χ1n) is 6.18. The van der Waals surface area contributed by atoms with E-state index in [4.69, 9.17) is 5.73 Å². The zero-order chi connectivity index (χ0) is 14.1. The van der Waals surface area contributed by atoms with Crippen LogP contribution in [0.3, 0.4) is 0 Å². The number of benzene rings is 1. The van der Waals surface area contributed by atoms with Crippen LogP contribution in [0, 0.1) is 6.92 Å². The molecule has 0 radical (unpaired) electrons. The van der Waals surface area contributed by atoms with Gasteiger partial charge in [-0.1, -0.05) is 34.1 Å². The summed E-state index contributed by atoms with van der Waals surface area (Å²) >= 11 is 3.55. The minimum atomic E-state index is 0.479. The van der Waals surface area contributed by atoms with Crippen LogP contribution < -0.4 is 5.73 Å². The Labute approximate surface area is 125 Å². The maximum atomic E-state index is 6.02. The first-order chi connectivity index (χ1) is 9.68. The molecule has 0 spiro atoms. The zero-order valence-electron chi connectivity index (χ0n) is 10.9. The number of H-pyrrole nitrogens is 1. The van der Waals surface area contributed by atoms with Gasteiger partial charge >= 0.3 is 0 Å². The fraction of sp³-hybridized carbons (Fsp3) is 0.0667. The smallest absolute Gasteiger partial charge is 0.153 e. The third-order valence-electron chi connectivity index (χ3n) is 3.28. The summed E-state index contributed by atoms with van der Waals surface area (Å²) in [4.78, 5) is 4.15. The summed E-state index contributed by atoms with van der Waals surface area (Å²) in [6, 6.07) is 9.93. The zero-order valence-corrected chi connectivity index (χ0v) is 12.5. The lowest BCUT2D eigenvalue weighted by Crippen LogP contribution is -1.90. The largest absolute Gasteiger partial charge is 0.382 e. The van der Waals surface area contributed by atoms with Gasteiger partial charge in [0.05, 0.1) is 11.3 Å². The third-order valence-corrected chi connectivity index (χ3v) is 4.14. The van der Waals surface area contributed by atoms with Crippen molar-refractivity contribution in [2.24, 2.45) is 0 Å². The van der Waals surface area contributed by atoms with Crippen molar-refractivity contribution < 1.29 is 0 Å². The lowest BCUT2D eigenvalue weighted by Gasteiger charge is -2.08. The van der Waals surface area contributed by atoms with Gasteiger partial charge < -0.3 is 5.73 Å². The predicted molar refractivity (Wildman–Crippen MR) is 84.1 cm³/mol. The number of hydrogen-bond donors (Lipinski definition) is 2. The van der Waals surface area contributed by atoms with Gasteiger partial charge in [0.1, 0.15) is 0 Å². The molecular formula is C15H13BrN4. The molecule has 0 aliphatic carbocycles. The average molecular weight is 329 g/mol. The van der Waals surface area contributed by atoms with Crippen molar-refractivity contribution in [1.29, 1.82) is 0 Å². The highest BCUT2D eigenvalue weighted by atomic mass is 79.9. The molecule has 5 heteroatoms. The number of halogens is 1. The SMILES string of the molecule is Cc1c(Br)cccc1-c1[nH]nc(N)c1-c1cccnc1. The molecule has 0 fully saturated rings. The second-order valence-corrected chi connectivity index (χ2v) is 5.37. The van der Waals surface area contributed by atoms with Crippen molar-refractivity contribution in [3.8, 4) is 22.4 Å². The van der Waals surface area contributed by atoms with E-state index in [-0.39, 0.29) is 0 Å². The normalized spacial score (nSPS) is 10.7. The molecule has 100 valence electrons. The molecule has 4 nitrogen and oxygen atoms in total. The van der Waals surface area contributed by atoms with Gasteiger partial charge in [-0.3, -0.25) is 10.1 Å². The Kier molecular flexibility index (Phi) is 3.28. The Morgan fingerprint density at radius 3 is 2.80 bits per heavy atom. The molecule has 2 heterocycles. The summed E-state index contributed by atoms with van der Waals surface area (Å²) in [6.45, 7) is 2.06. The molecule has 2 aromatic heterocycles. The molecular weight excluding hydrogens is 316 g/mol. The minimum absolute atomic E-state index is 0.479. The maximum Gasteiger partial charge on any atom is 0.153 e. The third kappa shape index (κ3) is 2.10. The van der Waals surface area contributed by atoms with Crippen LogP contribution in [-0.4, -0.2) is 15.2 Å². The molecule has 0 aliphatic heterocycles. The molecule has 3 rings (SSSR count). The van der Waals surface area contributed by atoms with Gasteiger partial charge in [-0.25, -0.2) is 0 Å². The number of anilines is 1. The van der Waals surface area contributed by atoms with E-state index < -0.39 is 0 Å². The molecule has 20 heavy (non-hydrogen) atoms. The summed E-state index contributed by atoms with van der Waals surface area (Å²) in [7, 11) is 0. The van der Waals surface area contributed by atoms with E-state index in [0.29, 0.717) is 5.82 Å². The van der Waals surface area contributed by atoms with Gasteiger partial charge in [0, 0.05) is 28.0 Å². The van der Waals surface area contributed by atoms with E-state index >= 15 is 0 Å². The van der Waals surface area contributed by atoms with Crippen LogP contribution in [0.2, 0.25) is 0 Å². The molecule has 0 amide bonds. The Bertz CT molecular complexity index is 750. The minimum Gasteiger partial charge on any atom is -0.382 e. The van der Waals surface area contributed by atoms with Crippen LogP contribution in [-0.2, 0) is 0 Å². The fourth-order valence-corrected chi connectivity index (χ4v) is 2.60. The van der Waals surface area contributed by atoms with E-state index in [1.54, 1.807) is 12.4 Å². The van der Waals surface area contributed by atoms with E-state index in [2.05, 4.69) is 38.0 Å². The number of pyridine rings is 1. The van der Waals surface area contributed by atoms with Crippen LogP contribution in [0.25, 0.3) is 22.4 Å². The molecule has 0 bridgehead atoms. The van der Waals surface area contributed by atoms with Gasteiger partial charge in [0.15, 0.2) is 5.82 Å². The van der Waals surface area contributed by atoms with Crippen molar-refractivity contribution in [2.75, 3.05) is 5.73 Å². The molecule has 3 N–H and O–H groups in total. The van der Waals surface area contributed by atoms with Crippen molar-refractivity contribution in [3.63, 3.8) is 0 Å². The average Bonchev–Trinajstić information content (AvgIpc) is 2.84. The van der Waals surface area contributed by atoms with Crippen LogP contribution in [0.5, 0.6) is 0 Å². The summed E-state index contributed by atoms with van der Waals surface area (Å²) in [5.41, 5.74) is 11.0. The Hall–Kier alpha value is -2.14. The number of aromatic nitrogens is 3. The van der Waals surface area contributed by atoms with Crippen LogP contribution >= 0.6 is 15.9 Å². The highest BCUT2D eigenvalue weighted by molar-refractivity contribution is 9.10. The highest BCUT2D eigenvalue weighted by Crippen LogP contribution is 2.37. The van der Waals surface area contributed by atoms with E-state index in [1.807, 2.05) is 30.3 Å². The summed E-state index contributed by atoms with van der Waals surface area (Å²) < 4.78 is 1.06. The Morgan fingerprint density at radius 1 is 1.20 bits per heavy atom. The van der Waals surface area contributed by atoms with Crippen molar-refractivity contribution in [1.82, 2.24) is 15.2 Å². The number of rotatable bonds is 2. The number of hydrogen-bond acceptors (Lipinski definition) is 3. The lowest BCUT2D eigenvalue weighted by molar-refractivity contribution is 1.10. The Balaban J connectivity index is 2.24. The second kappa shape index (κ2) is 5.09. The van der Waals surface area contributed by atoms with Crippen molar-refractivity contribution >= 4 is 21.7 Å². The van der Waals surface area contributed by atoms with Gasteiger partial charge in [0.25, 0.3) is 0 Å². The standard InChI is InChI=1S/C15H13BrN4/c1-9-11(5-2-6-12(9)16)14-13(15(17)20-19-14)10-4-3-7-18-8-10/h2-8H,1H3,(H3,17,19,20). The van der Waals surface area contributed by atoms with E-state index in [1.165, 1.54) is 0 Å². The first-order valence-corrected chi connectivity index (χ1v) is 6.97. The van der Waals surface area contributed by atoms with Crippen LogP contribution in [0.4, 0.5) is 5.82 Å². The van der Waals surface area contributed by atoms with E-state index in [0.717, 1.165) is 32.4 Å². The van der Waals surface area contributed by atoms with Crippen LogP contribution in [0.15, 0.2) is 47.2 Å². The highest BCUT2D eigenvalue weighted by Gasteiger charge is 2.16. The molecule has 0 saturated carbocycles. The monoisotopic (exact) mass is 328 g/mol. The number of nitrogens with one attached hydrogen (secondary N) is 1. The van der Waals surface area contributed by atoms with Crippen LogP contribution in [0.1, 0.15) is 5.56 Å². The van der Waals surface area contributed by atoms with Crippen molar-refractivity contribution in [3.05, 3.63) is 52.8 Å². The van der Waals surface area contributed by atoms with Gasteiger partial charge in [0.2, 0.25) is 0 Å². The predicted octanol–water partition coefficient (Wildman–Crippen LogP) is 3.79. The molecule has 0 saturated heterocycles. The number of nitrogens with zero attached hydrogens (tertiary/aromatic N) is 2. The molecule has 0 aliphatic rings. The lowest BCUT2D eigenvalue weighted by atomic mass is 9.99. The molecule has 3 aromatic rings. The first kappa shape index (κ1) is 12.9.